The van der Waals surface area contributed by atoms with Crippen molar-refractivity contribution in [1.82, 2.24) is 15.0 Å². The maximum Gasteiger partial charge on any atom is 0.338 e. The molecule has 0 saturated heterocycles. The molecule has 3 aromatic rings. The number of hydrogen-bond donors (Lipinski definition) is 0. The summed E-state index contributed by atoms with van der Waals surface area (Å²) in [7, 11) is 0. The molecule has 3 rings (SSSR count). The van der Waals surface area contributed by atoms with Gasteiger partial charge in [0.1, 0.15) is 24.5 Å². The van der Waals surface area contributed by atoms with Crippen molar-refractivity contribution in [2.45, 2.75) is 13.5 Å². The summed E-state index contributed by atoms with van der Waals surface area (Å²) >= 11 is 3.37. The maximum atomic E-state index is 12.1. The molecule has 0 fully saturated rings. The molecule has 0 saturated carbocycles. The number of carbonyl (C=O) groups excluding carboxylic acids is 1. The van der Waals surface area contributed by atoms with Crippen molar-refractivity contribution in [1.29, 1.82) is 0 Å². The molecule has 0 amide bonds. The van der Waals surface area contributed by atoms with Gasteiger partial charge in [-0.15, -0.1) is 5.10 Å². The van der Waals surface area contributed by atoms with Crippen LogP contribution in [-0.4, -0.2) is 34.2 Å². The molecule has 1 aromatic heterocycles. The highest BCUT2D eigenvalue weighted by Crippen LogP contribution is 2.18. The third-order valence-electron chi connectivity index (χ3n) is 3.43. The second kappa shape index (κ2) is 7.44. The second-order valence-corrected chi connectivity index (χ2v) is 5.97. The zero-order chi connectivity index (χ0) is 16.9. The number of fused-ring (bicyclic) bond motifs is 1. The maximum absolute atomic E-state index is 12.1. The summed E-state index contributed by atoms with van der Waals surface area (Å²) in [5, 5.41) is 8.07. The van der Waals surface area contributed by atoms with E-state index in [0.717, 1.165) is 22.3 Å². The third kappa shape index (κ3) is 3.73. The molecule has 0 unspecified atom stereocenters. The van der Waals surface area contributed by atoms with Crippen LogP contribution in [0.3, 0.4) is 0 Å². The van der Waals surface area contributed by atoms with Crippen LogP contribution in [0.15, 0.2) is 46.9 Å². The van der Waals surface area contributed by atoms with Crippen molar-refractivity contribution in [2.75, 3.05) is 13.2 Å². The SMILES string of the molecule is CCn1nnc2cc(C(=O)OCCOc3cccc(Br)c3)ccc21. The normalized spacial score (nSPS) is 10.8. The summed E-state index contributed by atoms with van der Waals surface area (Å²) in [6, 6.07) is 12.7. The summed E-state index contributed by atoms with van der Waals surface area (Å²) in [5.74, 6) is 0.318. The second-order valence-electron chi connectivity index (χ2n) is 5.05. The molecule has 0 aliphatic carbocycles. The van der Waals surface area contributed by atoms with Crippen molar-refractivity contribution in [2.24, 2.45) is 0 Å². The van der Waals surface area contributed by atoms with Gasteiger partial charge in [-0.3, -0.25) is 0 Å². The van der Waals surface area contributed by atoms with E-state index in [1.807, 2.05) is 37.3 Å². The molecule has 2 aromatic carbocycles. The van der Waals surface area contributed by atoms with Crippen molar-refractivity contribution in [3.8, 4) is 5.75 Å². The number of benzene rings is 2. The zero-order valence-corrected chi connectivity index (χ0v) is 14.7. The van der Waals surface area contributed by atoms with E-state index in [-0.39, 0.29) is 13.2 Å². The molecule has 0 aliphatic heterocycles. The highest BCUT2D eigenvalue weighted by Gasteiger charge is 2.11. The van der Waals surface area contributed by atoms with Gasteiger partial charge in [0.25, 0.3) is 0 Å². The molecule has 0 spiro atoms. The fraction of sp³-hybridized carbons (Fsp3) is 0.235. The number of rotatable bonds is 6. The molecule has 1 heterocycles. The Kier molecular flexibility index (Phi) is 5.10. The molecule has 0 atom stereocenters. The van der Waals surface area contributed by atoms with Gasteiger partial charge in [-0.25, -0.2) is 9.48 Å². The van der Waals surface area contributed by atoms with Crippen LogP contribution >= 0.6 is 15.9 Å². The number of aryl methyl sites for hydroxylation is 1. The van der Waals surface area contributed by atoms with Crippen LogP contribution < -0.4 is 4.74 Å². The minimum absolute atomic E-state index is 0.172. The first-order valence-electron chi connectivity index (χ1n) is 7.56. The van der Waals surface area contributed by atoms with E-state index in [4.69, 9.17) is 9.47 Å². The monoisotopic (exact) mass is 389 g/mol. The Balaban J connectivity index is 1.55. The van der Waals surface area contributed by atoms with E-state index in [2.05, 4.69) is 26.2 Å². The van der Waals surface area contributed by atoms with Crippen LogP contribution in [-0.2, 0) is 11.3 Å². The first-order valence-corrected chi connectivity index (χ1v) is 8.35. The fourth-order valence-electron chi connectivity index (χ4n) is 2.27. The number of esters is 1. The first kappa shape index (κ1) is 16.4. The zero-order valence-electron chi connectivity index (χ0n) is 13.1. The number of hydrogen-bond acceptors (Lipinski definition) is 5. The van der Waals surface area contributed by atoms with Gasteiger partial charge in [0.2, 0.25) is 0 Å². The Morgan fingerprint density at radius 3 is 2.88 bits per heavy atom. The number of ether oxygens (including phenoxy) is 2. The summed E-state index contributed by atoms with van der Waals surface area (Å²) < 4.78 is 13.5. The van der Waals surface area contributed by atoms with E-state index in [9.17, 15) is 4.79 Å². The van der Waals surface area contributed by atoms with E-state index in [1.54, 1.807) is 16.8 Å². The van der Waals surface area contributed by atoms with Gasteiger partial charge in [0.15, 0.2) is 0 Å². The Labute approximate surface area is 147 Å². The number of carbonyl (C=O) groups is 1. The Morgan fingerprint density at radius 2 is 2.08 bits per heavy atom. The molecule has 0 N–H and O–H groups in total. The van der Waals surface area contributed by atoms with Crippen LogP contribution in [0.4, 0.5) is 0 Å². The topological polar surface area (TPSA) is 66.2 Å². The highest BCUT2D eigenvalue weighted by molar-refractivity contribution is 9.10. The average Bonchev–Trinajstić information content (AvgIpc) is 3.01. The number of nitrogens with zero attached hydrogens (tertiary/aromatic N) is 3. The molecule has 0 bridgehead atoms. The van der Waals surface area contributed by atoms with Gasteiger partial charge in [-0.2, -0.15) is 0 Å². The molecular formula is C17H16BrN3O3. The van der Waals surface area contributed by atoms with Crippen LogP contribution in [0, 0.1) is 0 Å². The number of halogens is 1. The average molecular weight is 390 g/mol. The third-order valence-corrected chi connectivity index (χ3v) is 3.92. The quantitative estimate of drug-likeness (QED) is 0.477. The van der Waals surface area contributed by atoms with Crippen LogP contribution in [0.5, 0.6) is 5.75 Å². The Morgan fingerprint density at radius 1 is 1.21 bits per heavy atom. The van der Waals surface area contributed by atoms with E-state index < -0.39 is 5.97 Å². The van der Waals surface area contributed by atoms with E-state index >= 15 is 0 Å². The Hall–Kier alpha value is -2.41. The molecular weight excluding hydrogens is 374 g/mol. The minimum atomic E-state index is -0.402. The lowest BCUT2D eigenvalue weighted by Gasteiger charge is -2.08. The van der Waals surface area contributed by atoms with Gasteiger partial charge < -0.3 is 9.47 Å². The van der Waals surface area contributed by atoms with Crippen LogP contribution in [0.1, 0.15) is 17.3 Å². The number of aromatic nitrogens is 3. The van der Waals surface area contributed by atoms with Crippen molar-refractivity contribution in [3.05, 3.63) is 52.5 Å². The molecule has 124 valence electrons. The van der Waals surface area contributed by atoms with Crippen molar-refractivity contribution >= 4 is 32.9 Å². The van der Waals surface area contributed by atoms with Gasteiger partial charge in [-0.1, -0.05) is 27.2 Å². The summed E-state index contributed by atoms with van der Waals surface area (Å²) in [6.45, 7) is 3.18. The standard InChI is InChI=1S/C17H16BrN3O3/c1-2-21-16-7-6-12(10-15(16)19-20-21)17(22)24-9-8-23-14-5-3-4-13(18)11-14/h3-7,10-11H,2,8-9H2,1H3. The predicted octanol–water partition coefficient (Wildman–Crippen LogP) is 3.45. The smallest absolute Gasteiger partial charge is 0.338 e. The summed E-state index contributed by atoms with van der Waals surface area (Å²) in [4.78, 5) is 12.1. The lowest BCUT2D eigenvalue weighted by atomic mass is 10.2. The van der Waals surface area contributed by atoms with E-state index in [0.29, 0.717) is 11.1 Å². The largest absolute Gasteiger partial charge is 0.490 e. The lowest BCUT2D eigenvalue weighted by molar-refractivity contribution is 0.0450. The predicted molar refractivity (Wildman–Crippen MR) is 93.1 cm³/mol. The lowest BCUT2D eigenvalue weighted by Crippen LogP contribution is -2.12. The fourth-order valence-corrected chi connectivity index (χ4v) is 2.64. The molecule has 0 aliphatic rings. The van der Waals surface area contributed by atoms with Gasteiger partial charge in [0.05, 0.1) is 11.1 Å². The summed E-state index contributed by atoms with van der Waals surface area (Å²) in [5.41, 5.74) is 2.02. The molecule has 24 heavy (non-hydrogen) atoms. The van der Waals surface area contributed by atoms with Gasteiger partial charge in [-0.05, 0) is 43.3 Å². The van der Waals surface area contributed by atoms with Crippen LogP contribution in [0.2, 0.25) is 0 Å². The highest BCUT2D eigenvalue weighted by atomic mass is 79.9. The first-order chi connectivity index (χ1) is 11.7. The van der Waals surface area contributed by atoms with E-state index in [1.165, 1.54) is 0 Å². The van der Waals surface area contributed by atoms with Crippen molar-refractivity contribution < 1.29 is 14.3 Å². The summed E-state index contributed by atoms with van der Waals surface area (Å²) in [6.07, 6.45) is 0. The van der Waals surface area contributed by atoms with Crippen molar-refractivity contribution in [3.63, 3.8) is 0 Å². The molecule has 0 radical (unpaired) electrons. The van der Waals surface area contributed by atoms with Gasteiger partial charge >= 0.3 is 5.97 Å². The molecule has 6 nitrogen and oxygen atoms in total. The molecule has 7 heteroatoms. The Bertz CT molecular complexity index is 863. The minimum Gasteiger partial charge on any atom is -0.490 e. The van der Waals surface area contributed by atoms with Crippen LogP contribution in [0.25, 0.3) is 11.0 Å². The van der Waals surface area contributed by atoms with Gasteiger partial charge in [0, 0.05) is 11.0 Å².